The van der Waals surface area contributed by atoms with E-state index in [1.807, 2.05) is 35.2 Å². The molecule has 110 valence electrons. The molecule has 1 heterocycles. The van der Waals surface area contributed by atoms with Crippen LogP contribution in [0.15, 0.2) is 30.3 Å². The van der Waals surface area contributed by atoms with Crippen LogP contribution in [-0.2, 0) is 4.79 Å². The lowest BCUT2D eigenvalue weighted by atomic mass is 10.0. The van der Waals surface area contributed by atoms with Gasteiger partial charge in [0.2, 0.25) is 5.91 Å². The van der Waals surface area contributed by atoms with E-state index >= 15 is 0 Å². The number of nitrogens with two attached hydrogens (primary N) is 1. The molecule has 3 heteroatoms. The molecule has 1 aromatic rings. The summed E-state index contributed by atoms with van der Waals surface area (Å²) < 4.78 is 0. The molecule has 1 aromatic carbocycles. The van der Waals surface area contributed by atoms with Gasteiger partial charge < -0.3 is 10.6 Å². The summed E-state index contributed by atoms with van der Waals surface area (Å²) in [7, 11) is 0. The number of carbonyl (C=O) groups is 1. The third-order valence-corrected chi connectivity index (χ3v) is 4.11. The van der Waals surface area contributed by atoms with Gasteiger partial charge in [0.05, 0.1) is 0 Å². The van der Waals surface area contributed by atoms with Crippen LogP contribution in [0.5, 0.6) is 0 Å². The summed E-state index contributed by atoms with van der Waals surface area (Å²) in [5, 5.41) is 0. The lowest BCUT2D eigenvalue weighted by Gasteiger charge is -2.25. The predicted molar refractivity (Wildman–Crippen MR) is 82.3 cm³/mol. The fraction of sp³-hybridized carbons (Fsp3) is 0.588. The van der Waals surface area contributed by atoms with Crippen LogP contribution in [-0.4, -0.2) is 23.9 Å². The Morgan fingerprint density at radius 1 is 1.05 bits per heavy atom. The number of rotatable bonds is 4. The Labute approximate surface area is 122 Å². The highest BCUT2D eigenvalue weighted by Crippen LogP contribution is 2.17. The summed E-state index contributed by atoms with van der Waals surface area (Å²) in [5.41, 5.74) is 7.28. The van der Waals surface area contributed by atoms with Crippen LogP contribution in [0.1, 0.15) is 56.6 Å². The topological polar surface area (TPSA) is 46.3 Å². The Hall–Kier alpha value is -1.35. The molecular weight excluding hydrogens is 248 g/mol. The van der Waals surface area contributed by atoms with Crippen molar-refractivity contribution in [2.24, 2.45) is 5.73 Å². The third-order valence-electron chi connectivity index (χ3n) is 4.11. The molecule has 2 rings (SSSR count). The smallest absolute Gasteiger partial charge is 0.222 e. The summed E-state index contributed by atoms with van der Waals surface area (Å²) in [4.78, 5) is 14.3. The van der Waals surface area contributed by atoms with E-state index in [0.29, 0.717) is 6.42 Å². The van der Waals surface area contributed by atoms with Crippen molar-refractivity contribution in [3.63, 3.8) is 0 Å². The van der Waals surface area contributed by atoms with E-state index in [-0.39, 0.29) is 11.9 Å². The van der Waals surface area contributed by atoms with Crippen molar-refractivity contribution < 1.29 is 4.79 Å². The fourth-order valence-electron chi connectivity index (χ4n) is 2.80. The molecule has 1 aliphatic heterocycles. The minimum absolute atomic E-state index is 0.0325. The molecule has 3 nitrogen and oxygen atoms in total. The van der Waals surface area contributed by atoms with Gasteiger partial charge in [-0.25, -0.2) is 0 Å². The van der Waals surface area contributed by atoms with Gasteiger partial charge in [-0.15, -0.1) is 0 Å². The van der Waals surface area contributed by atoms with Crippen molar-refractivity contribution >= 4 is 5.91 Å². The summed E-state index contributed by atoms with van der Waals surface area (Å²) in [6.07, 6.45) is 7.43. The lowest BCUT2D eigenvalue weighted by molar-refractivity contribution is -0.131. The molecule has 0 spiro atoms. The van der Waals surface area contributed by atoms with Crippen molar-refractivity contribution in [1.29, 1.82) is 0 Å². The average molecular weight is 274 g/mol. The van der Waals surface area contributed by atoms with Gasteiger partial charge in [0.25, 0.3) is 0 Å². The largest absolute Gasteiger partial charge is 0.343 e. The van der Waals surface area contributed by atoms with Gasteiger partial charge in [0.15, 0.2) is 0 Å². The molecule has 1 amide bonds. The van der Waals surface area contributed by atoms with Crippen LogP contribution in [0.2, 0.25) is 0 Å². The quantitative estimate of drug-likeness (QED) is 0.916. The highest BCUT2D eigenvalue weighted by Gasteiger charge is 2.16. The molecule has 1 unspecified atom stereocenters. The highest BCUT2D eigenvalue weighted by atomic mass is 16.2. The predicted octanol–water partition coefficient (Wildman–Crippen LogP) is 3.26. The molecule has 1 atom stereocenters. The maximum atomic E-state index is 12.3. The average Bonchev–Trinajstić information content (AvgIpc) is 2.45. The minimum atomic E-state index is -0.0325. The summed E-state index contributed by atoms with van der Waals surface area (Å²) >= 11 is 0. The Bertz CT molecular complexity index is 397. The van der Waals surface area contributed by atoms with Gasteiger partial charge in [-0.2, -0.15) is 0 Å². The van der Waals surface area contributed by atoms with Crippen LogP contribution < -0.4 is 5.73 Å². The van der Waals surface area contributed by atoms with E-state index in [1.54, 1.807) is 0 Å². The number of benzene rings is 1. The van der Waals surface area contributed by atoms with E-state index in [0.717, 1.165) is 37.9 Å². The number of carbonyl (C=O) groups excluding carboxylic acids is 1. The molecule has 2 N–H and O–H groups in total. The second-order valence-corrected chi connectivity index (χ2v) is 5.70. The maximum absolute atomic E-state index is 12.3. The third kappa shape index (κ3) is 4.64. The van der Waals surface area contributed by atoms with Crippen molar-refractivity contribution in [3.8, 4) is 0 Å². The van der Waals surface area contributed by atoms with Crippen LogP contribution in [0.25, 0.3) is 0 Å². The molecule has 0 aromatic heterocycles. The number of hydrogen-bond donors (Lipinski definition) is 1. The van der Waals surface area contributed by atoms with E-state index in [9.17, 15) is 4.79 Å². The first-order valence-electron chi connectivity index (χ1n) is 7.85. The number of hydrogen-bond acceptors (Lipinski definition) is 2. The van der Waals surface area contributed by atoms with Gasteiger partial charge in [-0.05, 0) is 24.8 Å². The first-order chi connectivity index (χ1) is 9.77. The molecule has 0 bridgehead atoms. The Morgan fingerprint density at radius 2 is 1.65 bits per heavy atom. The van der Waals surface area contributed by atoms with Gasteiger partial charge in [-0.1, -0.05) is 49.6 Å². The second kappa shape index (κ2) is 8.05. The molecule has 20 heavy (non-hydrogen) atoms. The van der Waals surface area contributed by atoms with E-state index in [2.05, 4.69) is 0 Å². The molecule has 0 aliphatic carbocycles. The summed E-state index contributed by atoms with van der Waals surface area (Å²) in [6.45, 7) is 1.86. The number of likely N-dealkylation sites (tertiary alicyclic amines) is 1. The van der Waals surface area contributed by atoms with Crippen molar-refractivity contribution in [1.82, 2.24) is 4.90 Å². The first-order valence-corrected chi connectivity index (χ1v) is 7.85. The highest BCUT2D eigenvalue weighted by molar-refractivity contribution is 5.76. The van der Waals surface area contributed by atoms with Crippen LogP contribution in [0.3, 0.4) is 0 Å². The van der Waals surface area contributed by atoms with Crippen molar-refractivity contribution in [3.05, 3.63) is 35.9 Å². The zero-order chi connectivity index (χ0) is 14.2. The Morgan fingerprint density at radius 3 is 2.30 bits per heavy atom. The van der Waals surface area contributed by atoms with Gasteiger partial charge in [-0.3, -0.25) is 4.79 Å². The number of nitrogens with zero attached hydrogens (tertiary/aromatic N) is 1. The zero-order valence-corrected chi connectivity index (χ0v) is 12.3. The Kier molecular flexibility index (Phi) is 6.06. The van der Waals surface area contributed by atoms with E-state index in [1.165, 1.54) is 19.3 Å². The van der Waals surface area contributed by atoms with Crippen LogP contribution >= 0.6 is 0 Å². The van der Waals surface area contributed by atoms with E-state index in [4.69, 9.17) is 5.73 Å². The van der Waals surface area contributed by atoms with Crippen LogP contribution in [0.4, 0.5) is 0 Å². The van der Waals surface area contributed by atoms with Crippen molar-refractivity contribution in [2.45, 2.75) is 51.0 Å². The maximum Gasteiger partial charge on any atom is 0.222 e. The van der Waals surface area contributed by atoms with Crippen molar-refractivity contribution in [2.75, 3.05) is 13.1 Å². The molecular formula is C17H26N2O. The van der Waals surface area contributed by atoms with E-state index < -0.39 is 0 Å². The molecule has 0 saturated carbocycles. The zero-order valence-electron chi connectivity index (χ0n) is 12.3. The minimum Gasteiger partial charge on any atom is -0.343 e. The lowest BCUT2D eigenvalue weighted by Crippen LogP contribution is -2.34. The molecule has 0 radical (unpaired) electrons. The normalized spacial score (nSPS) is 18.1. The van der Waals surface area contributed by atoms with Crippen LogP contribution in [0, 0.1) is 0 Å². The fourth-order valence-corrected chi connectivity index (χ4v) is 2.80. The molecule has 1 aliphatic rings. The SMILES string of the molecule is NC(CCC(=O)N1CCCCCCC1)c1ccccc1. The first kappa shape index (κ1) is 15.0. The molecule has 1 saturated heterocycles. The molecule has 1 fully saturated rings. The number of amides is 1. The van der Waals surface area contributed by atoms with Gasteiger partial charge >= 0.3 is 0 Å². The summed E-state index contributed by atoms with van der Waals surface area (Å²) in [5.74, 6) is 0.276. The second-order valence-electron chi connectivity index (χ2n) is 5.70. The monoisotopic (exact) mass is 274 g/mol. The van der Waals surface area contributed by atoms with Gasteiger partial charge in [0, 0.05) is 25.6 Å². The Balaban J connectivity index is 1.79. The van der Waals surface area contributed by atoms with Gasteiger partial charge in [0.1, 0.15) is 0 Å². The standard InChI is InChI=1S/C17H26N2O/c18-16(15-9-5-4-6-10-15)11-12-17(20)19-13-7-2-1-3-8-14-19/h4-6,9-10,16H,1-3,7-8,11-14,18H2. The summed E-state index contributed by atoms with van der Waals surface area (Å²) in [6, 6.07) is 10.0.